The molecule has 1 amide bonds. The van der Waals surface area contributed by atoms with Gasteiger partial charge in [0.2, 0.25) is 0 Å². The molecule has 154 valence electrons. The van der Waals surface area contributed by atoms with E-state index in [4.69, 9.17) is 0 Å². The first-order chi connectivity index (χ1) is 14.1. The molecular formula is C23H31N5O. The van der Waals surface area contributed by atoms with Crippen LogP contribution in [0.2, 0.25) is 0 Å². The topological polar surface area (TPSA) is 70.2 Å². The van der Waals surface area contributed by atoms with Crippen molar-refractivity contribution >= 4 is 23.1 Å². The molecular weight excluding hydrogens is 362 g/mol. The Balaban J connectivity index is 1.40. The molecule has 2 fully saturated rings. The van der Waals surface area contributed by atoms with Gasteiger partial charge in [0.25, 0.3) is 5.91 Å². The average molecular weight is 394 g/mol. The average Bonchev–Trinajstić information content (AvgIpc) is 3.22. The minimum atomic E-state index is -0.204. The minimum Gasteiger partial charge on any atom is -0.372 e. The first-order valence-electron chi connectivity index (χ1n) is 10.9. The van der Waals surface area contributed by atoms with Gasteiger partial charge in [0.15, 0.2) is 0 Å². The molecule has 6 nitrogen and oxygen atoms in total. The van der Waals surface area contributed by atoms with Crippen LogP contribution in [0, 0.1) is 12.8 Å². The highest BCUT2D eigenvalue weighted by molar-refractivity contribution is 6.03. The molecule has 2 aromatic rings. The van der Waals surface area contributed by atoms with Gasteiger partial charge in [-0.15, -0.1) is 0 Å². The SMILES string of the molecule is Cc1nc(NC2CCCC2)cc(C(=O)Nc2ccc(N3CCC(C)CC3)cc2)n1. The second-order valence-corrected chi connectivity index (χ2v) is 8.48. The molecule has 2 N–H and O–H groups in total. The fourth-order valence-corrected chi connectivity index (χ4v) is 4.25. The van der Waals surface area contributed by atoms with E-state index in [1.165, 1.54) is 31.4 Å². The second kappa shape index (κ2) is 8.80. The lowest BCUT2D eigenvalue weighted by Gasteiger charge is -2.32. The lowest BCUT2D eigenvalue weighted by molar-refractivity contribution is 0.102. The summed E-state index contributed by atoms with van der Waals surface area (Å²) in [6.07, 6.45) is 7.30. The van der Waals surface area contributed by atoms with Crippen LogP contribution in [0.15, 0.2) is 30.3 Å². The molecule has 1 aliphatic carbocycles. The van der Waals surface area contributed by atoms with Gasteiger partial charge < -0.3 is 15.5 Å². The second-order valence-electron chi connectivity index (χ2n) is 8.48. The van der Waals surface area contributed by atoms with E-state index < -0.39 is 0 Å². The van der Waals surface area contributed by atoms with Crippen LogP contribution in [0.25, 0.3) is 0 Å². The summed E-state index contributed by atoms with van der Waals surface area (Å²) in [7, 11) is 0. The van der Waals surface area contributed by atoms with Crippen LogP contribution in [0.1, 0.15) is 61.8 Å². The Morgan fingerprint density at radius 3 is 2.41 bits per heavy atom. The van der Waals surface area contributed by atoms with Crippen LogP contribution in [0.5, 0.6) is 0 Å². The molecule has 0 atom stereocenters. The maximum atomic E-state index is 12.7. The third kappa shape index (κ3) is 5.05. The number of anilines is 3. The van der Waals surface area contributed by atoms with Gasteiger partial charge in [-0.2, -0.15) is 0 Å². The van der Waals surface area contributed by atoms with Crippen molar-refractivity contribution in [3.63, 3.8) is 0 Å². The van der Waals surface area contributed by atoms with Crippen molar-refractivity contribution in [3.05, 3.63) is 41.9 Å². The molecule has 0 unspecified atom stereocenters. The number of benzene rings is 1. The molecule has 0 spiro atoms. The van der Waals surface area contributed by atoms with Gasteiger partial charge in [-0.25, -0.2) is 9.97 Å². The summed E-state index contributed by atoms with van der Waals surface area (Å²) in [5.74, 6) is 1.95. The lowest BCUT2D eigenvalue weighted by atomic mass is 9.99. The molecule has 1 aromatic carbocycles. The van der Waals surface area contributed by atoms with Crippen molar-refractivity contribution in [2.75, 3.05) is 28.6 Å². The molecule has 1 saturated heterocycles. The van der Waals surface area contributed by atoms with Gasteiger partial charge in [-0.05, 0) is 62.8 Å². The first-order valence-corrected chi connectivity index (χ1v) is 10.9. The number of nitrogens with one attached hydrogen (secondary N) is 2. The fourth-order valence-electron chi connectivity index (χ4n) is 4.25. The number of piperidine rings is 1. The normalized spacial score (nSPS) is 18.1. The van der Waals surface area contributed by atoms with Crippen molar-refractivity contribution in [3.8, 4) is 0 Å². The fraction of sp³-hybridized carbons (Fsp3) is 0.522. The van der Waals surface area contributed by atoms with Crippen molar-refractivity contribution in [2.45, 2.75) is 58.4 Å². The predicted molar refractivity (Wildman–Crippen MR) is 118 cm³/mol. The molecule has 6 heteroatoms. The number of carbonyl (C=O) groups excluding carboxylic acids is 1. The number of amides is 1. The Morgan fingerprint density at radius 2 is 1.72 bits per heavy atom. The number of carbonyl (C=O) groups is 1. The zero-order chi connectivity index (χ0) is 20.2. The standard InChI is InChI=1S/C23H31N5O/c1-16-11-13-28(14-12-16)20-9-7-19(8-10-20)27-23(29)21-15-22(25-17(2)24-21)26-18-5-3-4-6-18/h7-10,15-16,18H,3-6,11-14H2,1-2H3,(H,27,29)(H,24,25,26). The molecule has 0 radical (unpaired) electrons. The van der Waals surface area contributed by atoms with E-state index in [0.717, 1.165) is 43.4 Å². The highest BCUT2D eigenvalue weighted by atomic mass is 16.1. The van der Waals surface area contributed by atoms with Crippen LogP contribution < -0.4 is 15.5 Å². The quantitative estimate of drug-likeness (QED) is 0.775. The molecule has 2 aliphatic rings. The minimum absolute atomic E-state index is 0.204. The molecule has 1 saturated carbocycles. The zero-order valence-electron chi connectivity index (χ0n) is 17.4. The van der Waals surface area contributed by atoms with E-state index in [1.54, 1.807) is 6.07 Å². The van der Waals surface area contributed by atoms with Crippen molar-refractivity contribution in [1.82, 2.24) is 9.97 Å². The molecule has 29 heavy (non-hydrogen) atoms. The third-order valence-electron chi connectivity index (χ3n) is 6.05. The molecule has 1 aromatic heterocycles. The Morgan fingerprint density at radius 1 is 1.03 bits per heavy atom. The van der Waals surface area contributed by atoms with E-state index >= 15 is 0 Å². The van der Waals surface area contributed by atoms with Crippen LogP contribution in [-0.2, 0) is 0 Å². The number of nitrogens with zero attached hydrogens (tertiary/aromatic N) is 3. The summed E-state index contributed by atoms with van der Waals surface area (Å²) >= 11 is 0. The summed E-state index contributed by atoms with van der Waals surface area (Å²) in [6, 6.07) is 10.3. The third-order valence-corrected chi connectivity index (χ3v) is 6.05. The maximum Gasteiger partial charge on any atom is 0.274 e. The number of aryl methyl sites for hydroxylation is 1. The van der Waals surface area contributed by atoms with Gasteiger partial charge in [-0.3, -0.25) is 4.79 Å². The Hall–Kier alpha value is -2.63. The molecule has 1 aliphatic heterocycles. The summed E-state index contributed by atoms with van der Waals surface area (Å²) in [6.45, 7) is 6.35. The van der Waals surface area contributed by atoms with Crippen molar-refractivity contribution < 1.29 is 4.79 Å². The Kier molecular flexibility index (Phi) is 5.97. The predicted octanol–water partition coefficient (Wildman–Crippen LogP) is 4.63. The summed E-state index contributed by atoms with van der Waals surface area (Å²) in [4.78, 5) is 23.9. The number of hydrogen-bond acceptors (Lipinski definition) is 5. The lowest BCUT2D eigenvalue weighted by Crippen LogP contribution is -2.32. The van der Waals surface area contributed by atoms with Crippen LogP contribution >= 0.6 is 0 Å². The van der Waals surface area contributed by atoms with Gasteiger partial charge in [0.05, 0.1) is 0 Å². The maximum absolute atomic E-state index is 12.7. The summed E-state index contributed by atoms with van der Waals surface area (Å²) in [5, 5.41) is 6.42. The summed E-state index contributed by atoms with van der Waals surface area (Å²) < 4.78 is 0. The van der Waals surface area contributed by atoms with Crippen molar-refractivity contribution in [1.29, 1.82) is 0 Å². The van der Waals surface area contributed by atoms with E-state index in [9.17, 15) is 4.79 Å². The number of aromatic nitrogens is 2. The Labute approximate surface area is 173 Å². The van der Waals surface area contributed by atoms with E-state index in [2.05, 4.69) is 44.6 Å². The van der Waals surface area contributed by atoms with Crippen LogP contribution in [-0.4, -0.2) is 35.0 Å². The molecule has 4 rings (SSSR count). The van der Waals surface area contributed by atoms with Crippen LogP contribution in [0.4, 0.5) is 17.2 Å². The molecule has 2 heterocycles. The number of hydrogen-bond donors (Lipinski definition) is 2. The molecule has 0 bridgehead atoms. The van der Waals surface area contributed by atoms with E-state index in [0.29, 0.717) is 17.6 Å². The highest BCUT2D eigenvalue weighted by Crippen LogP contribution is 2.25. The smallest absolute Gasteiger partial charge is 0.274 e. The first kappa shape index (κ1) is 19.7. The Bertz CT molecular complexity index is 837. The highest BCUT2D eigenvalue weighted by Gasteiger charge is 2.18. The van der Waals surface area contributed by atoms with E-state index in [1.807, 2.05) is 19.1 Å². The van der Waals surface area contributed by atoms with Gasteiger partial charge in [0, 0.05) is 36.6 Å². The zero-order valence-corrected chi connectivity index (χ0v) is 17.4. The van der Waals surface area contributed by atoms with Crippen molar-refractivity contribution in [2.24, 2.45) is 5.92 Å². The van der Waals surface area contributed by atoms with Crippen LogP contribution in [0.3, 0.4) is 0 Å². The van der Waals surface area contributed by atoms with Gasteiger partial charge >= 0.3 is 0 Å². The van der Waals surface area contributed by atoms with Gasteiger partial charge in [0.1, 0.15) is 17.3 Å². The summed E-state index contributed by atoms with van der Waals surface area (Å²) in [5.41, 5.74) is 2.40. The monoisotopic (exact) mass is 393 g/mol. The number of rotatable bonds is 5. The van der Waals surface area contributed by atoms with Gasteiger partial charge in [-0.1, -0.05) is 19.8 Å². The largest absolute Gasteiger partial charge is 0.372 e. The van der Waals surface area contributed by atoms with E-state index in [-0.39, 0.29) is 5.91 Å².